The molecule has 9 heteroatoms. The van der Waals surface area contributed by atoms with Gasteiger partial charge in [0.2, 0.25) is 0 Å². The van der Waals surface area contributed by atoms with Gasteiger partial charge < -0.3 is 29.1 Å². The normalized spacial score (nSPS) is 19.2. The number of hydrogen-bond donors (Lipinski definition) is 1. The van der Waals surface area contributed by atoms with Gasteiger partial charge in [-0.1, -0.05) is 0 Å². The molecule has 0 saturated carbocycles. The van der Waals surface area contributed by atoms with E-state index in [1.807, 2.05) is 37.7 Å². The summed E-state index contributed by atoms with van der Waals surface area (Å²) in [5.41, 5.74) is 0.139. The molecule has 0 aromatic heterocycles. The molecule has 0 aliphatic carbocycles. The predicted octanol–water partition coefficient (Wildman–Crippen LogP) is 2.28. The van der Waals surface area contributed by atoms with E-state index in [0.29, 0.717) is 56.2 Å². The van der Waals surface area contributed by atoms with Crippen LogP contribution in [0.2, 0.25) is 0 Å². The third kappa shape index (κ3) is 6.12. The van der Waals surface area contributed by atoms with Gasteiger partial charge in [0.25, 0.3) is 12.4 Å². The molecular formula is C23H34N2O7. The number of likely N-dealkylation sites (tertiary alicyclic amines) is 1. The first-order chi connectivity index (χ1) is 15.3. The Morgan fingerprint density at radius 2 is 1.81 bits per heavy atom. The Hall–Kier alpha value is -2.81. The van der Waals surface area contributed by atoms with Gasteiger partial charge in [-0.3, -0.25) is 14.4 Å². The number of carbonyl (C=O) groups is 3. The van der Waals surface area contributed by atoms with Crippen molar-refractivity contribution in [3.63, 3.8) is 0 Å². The molecule has 3 rings (SSSR count). The number of ether oxygens (including phenoxy) is 3. The van der Waals surface area contributed by atoms with Crippen molar-refractivity contribution in [3.05, 3.63) is 23.8 Å². The van der Waals surface area contributed by atoms with Crippen molar-refractivity contribution in [3.8, 4) is 11.5 Å². The number of rotatable bonds is 7. The van der Waals surface area contributed by atoms with Gasteiger partial charge in [-0.25, -0.2) is 0 Å². The van der Waals surface area contributed by atoms with Crippen LogP contribution in [0.25, 0.3) is 0 Å². The van der Waals surface area contributed by atoms with Gasteiger partial charge in [0.15, 0.2) is 11.5 Å². The van der Waals surface area contributed by atoms with Crippen molar-refractivity contribution in [2.75, 3.05) is 46.9 Å². The number of amides is 1. The maximum Gasteiger partial charge on any atom is 0.312 e. The second kappa shape index (κ2) is 11.7. The number of carboxylic acid groups (broad SMARTS) is 1. The maximum absolute atomic E-state index is 13.0. The molecule has 2 saturated heterocycles. The molecular weight excluding hydrogens is 416 g/mol. The van der Waals surface area contributed by atoms with Crippen LogP contribution in [0.3, 0.4) is 0 Å². The highest BCUT2D eigenvalue weighted by Crippen LogP contribution is 2.43. The molecule has 2 aliphatic heterocycles. The molecule has 1 atom stereocenters. The molecule has 0 radical (unpaired) electrons. The van der Waals surface area contributed by atoms with Gasteiger partial charge >= 0.3 is 5.97 Å². The fourth-order valence-electron chi connectivity index (χ4n) is 4.26. The lowest BCUT2D eigenvalue weighted by Gasteiger charge is -2.36. The number of piperidine rings is 1. The topological polar surface area (TPSA) is 106 Å². The number of cyclic esters (lactones) is 1. The number of carbonyl (C=O) groups excluding carboxylic acids is 2. The Morgan fingerprint density at radius 3 is 2.38 bits per heavy atom. The first-order valence-electron chi connectivity index (χ1n) is 10.9. The highest BCUT2D eigenvalue weighted by atomic mass is 16.6. The van der Waals surface area contributed by atoms with E-state index in [1.165, 1.54) is 0 Å². The highest BCUT2D eigenvalue weighted by Gasteiger charge is 2.50. The van der Waals surface area contributed by atoms with Crippen molar-refractivity contribution in [2.24, 2.45) is 5.41 Å². The second-order valence-electron chi connectivity index (χ2n) is 8.20. The van der Waals surface area contributed by atoms with E-state index in [-0.39, 0.29) is 24.5 Å². The van der Waals surface area contributed by atoms with Crippen molar-refractivity contribution >= 4 is 18.3 Å². The van der Waals surface area contributed by atoms with Gasteiger partial charge in [-0.15, -0.1) is 0 Å². The third-order valence-electron chi connectivity index (χ3n) is 5.69. The van der Waals surface area contributed by atoms with Crippen LogP contribution in [-0.2, 0) is 14.3 Å². The lowest BCUT2D eigenvalue weighted by Crippen LogP contribution is -2.45. The molecule has 1 amide bonds. The van der Waals surface area contributed by atoms with Gasteiger partial charge in [0, 0.05) is 31.6 Å². The summed E-state index contributed by atoms with van der Waals surface area (Å²) in [4.78, 5) is 37.8. The lowest BCUT2D eigenvalue weighted by molar-refractivity contribution is -0.150. The Balaban J connectivity index is 0.00000114. The molecule has 32 heavy (non-hydrogen) atoms. The maximum atomic E-state index is 13.0. The van der Waals surface area contributed by atoms with Crippen LogP contribution in [0, 0.1) is 5.41 Å². The Morgan fingerprint density at radius 1 is 1.22 bits per heavy atom. The van der Waals surface area contributed by atoms with Gasteiger partial charge in [0.05, 0.1) is 18.6 Å². The average molecular weight is 451 g/mol. The molecule has 2 heterocycles. The van der Waals surface area contributed by atoms with E-state index in [2.05, 4.69) is 0 Å². The molecule has 1 spiro atoms. The van der Waals surface area contributed by atoms with Crippen molar-refractivity contribution in [1.82, 2.24) is 9.80 Å². The zero-order chi connectivity index (χ0) is 23.7. The van der Waals surface area contributed by atoms with E-state index in [1.54, 1.807) is 18.2 Å². The SMILES string of the molecule is CCOc1ccc(C(=O)N2CCC3(CC2)CC(CN(C)C)OC3=O)cc1OCC.O=CO. The van der Waals surface area contributed by atoms with E-state index < -0.39 is 5.41 Å². The summed E-state index contributed by atoms with van der Waals surface area (Å²) in [5.74, 6) is 1.08. The minimum atomic E-state index is -0.438. The quantitative estimate of drug-likeness (QED) is 0.498. The fourth-order valence-corrected chi connectivity index (χ4v) is 4.26. The number of nitrogens with zero attached hydrogens (tertiary/aromatic N) is 2. The number of esters is 1. The third-order valence-corrected chi connectivity index (χ3v) is 5.69. The summed E-state index contributed by atoms with van der Waals surface area (Å²) < 4.78 is 16.8. The second-order valence-corrected chi connectivity index (χ2v) is 8.20. The molecule has 2 fully saturated rings. The summed E-state index contributed by atoms with van der Waals surface area (Å²) in [7, 11) is 3.96. The Labute approximate surface area is 189 Å². The Bertz CT molecular complexity index is 789. The van der Waals surface area contributed by atoms with Crippen LogP contribution >= 0.6 is 0 Å². The average Bonchev–Trinajstić information content (AvgIpc) is 3.04. The van der Waals surface area contributed by atoms with Crippen LogP contribution in [0.5, 0.6) is 11.5 Å². The molecule has 2 aliphatic rings. The monoisotopic (exact) mass is 450 g/mol. The number of benzene rings is 1. The predicted molar refractivity (Wildman–Crippen MR) is 118 cm³/mol. The summed E-state index contributed by atoms with van der Waals surface area (Å²) >= 11 is 0. The summed E-state index contributed by atoms with van der Waals surface area (Å²) in [6.07, 6.45) is 1.98. The molecule has 1 N–H and O–H groups in total. The van der Waals surface area contributed by atoms with Crippen molar-refractivity contribution in [2.45, 2.75) is 39.2 Å². The summed E-state index contributed by atoms with van der Waals surface area (Å²) in [6.45, 7) is 6.45. The summed E-state index contributed by atoms with van der Waals surface area (Å²) in [5, 5.41) is 6.89. The lowest BCUT2D eigenvalue weighted by atomic mass is 9.76. The van der Waals surface area contributed by atoms with E-state index in [9.17, 15) is 9.59 Å². The van der Waals surface area contributed by atoms with Gasteiger partial charge in [0.1, 0.15) is 6.10 Å². The number of hydrogen-bond acceptors (Lipinski definition) is 7. The standard InChI is InChI=1S/C22H32N2O5.CH2O2/c1-5-27-18-8-7-16(13-19(18)28-6-2)20(25)24-11-9-22(10-12-24)14-17(15-23(3)4)29-21(22)26;2-1-3/h7-8,13,17H,5-6,9-12,14-15H2,1-4H3;1H,(H,2,3). The first-order valence-corrected chi connectivity index (χ1v) is 10.9. The molecule has 1 aromatic carbocycles. The zero-order valence-electron chi connectivity index (χ0n) is 19.3. The van der Waals surface area contributed by atoms with Crippen LogP contribution in [0.4, 0.5) is 0 Å². The van der Waals surface area contributed by atoms with Crippen LogP contribution in [0.1, 0.15) is 43.5 Å². The van der Waals surface area contributed by atoms with Gasteiger partial charge in [-0.05, 0) is 59.0 Å². The first kappa shape index (κ1) is 25.5. The molecule has 9 nitrogen and oxygen atoms in total. The van der Waals surface area contributed by atoms with Crippen LogP contribution < -0.4 is 9.47 Å². The van der Waals surface area contributed by atoms with Crippen LogP contribution in [0.15, 0.2) is 18.2 Å². The van der Waals surface area contributed by atoms with E-state index >= 15 is 0 Å². The smallest absolute Gasteiger partial charge is 0.312 e. The number of likely N-dealkylation sites (N-methyl/N-ethyl adjacent to an activating group) is 1. The summed E-state index contributed by atoms with van der Waals surface area (Å²) in [6, 6.07) is 5.31. The molecule has 0 bridgehead atoms. The molecule has 178 valence electrons. The van der Waals surface area contributed by atoms with E-state index in [4.69, 9.17) is 24.1 Å². The zero-order valence-corrected chi connectivity index (χ0v) is 19.3. The van der Waals surface area contributed by atoms with Crippen molar-refractivity contribution < 1.29 is 33.7 Å². The minimum absolute atomic E-state index is 0.0416. The fraction of sp³-hybridized carbons (Fsp3) is 0.609. The minimum Gasteiger partial charge on any atom is -0.490 e. The van der Waals surface area contributed by atoms with Gasteiger partial charge in [-0.2, -0.15) is 0 Å². The molecule has 1 aromatic rings. The highest BCUT2D eigenvalue weighted by molar-refractivity contribution is 5.95. The van der Waals surface area contributed by atoms with E-state index in [0.717, 1.165) is 13.0 Å². The van der Waals surface area contributed by atoms with Crippen molar-refractivity contribution in [1.29, 1.82) is 0 Å². The largest absolute Gasteiger partial charge is 0.490 e. The van der Waals surface area contributed by atoms with Crippen LogP contribution in [-0.4, -0.2) is 86.3 Å². The molecule has 1 unspecified atom stereocenters. The Kier molecular flexibility index (Phi) is 9.31.